The number of aliphatic hydroxyl groups is 4. The second-order valence-corrected chi connectivity index (χ2v) is 7.94. The Morgan fingerprint density at radius 3 is 2.48 bits per heavy atom. The van der Waals surface area contributed by atoms with Crippen molar-refractivity contribution in [3.63, 3.8) is 0 Å². The summed E-state index contributed by atoms with van der Waals surface area (Å²) < 4.78 is 0. The van der Waals surface area contributed by atoms with Gasteiger partial charge in [0.2, 0.25) is 0 Å². The minimum Gasteiger partial charge on any atom is -0.396 e. The van der Waals surface area contributed by atoms with Crippen molar-refractivity contribution < 1.29 is 20.4 Å². The molecule has 0 aromatic carbocycles. The van der Waals surface area contributed by atoms with Crippen molar-refractivity contribution >= 4 is 0 Å². The maximum atomic E-state index is 10.6. The topological polar surface area (TPSA) is 80.9 Å². The molecule has 1 fully saturated rings. The fourth-order valence-corrected chi connectivity index (χ4v) is 3.85. The SMILES string of the molecule is C=CC(O)(CC=C[C@@H]1[C@@H](CC=CCCCCO)[C@@H](O)C[C@H]1O)CCCCC. The molecule has 0 radical (unpaired) electrons. The van der Waals surface area contributed by atoms with E-state index in [9.17, 15) is 15.3 Å². The molecule has 1 aliphatic carbocycles. The van der Waals surface area contributed by atoms with Gasteiger partial charge >= 0.3 is 0 Å². The van der Waals surface area contributed by atoms with Crippen LogP contribution in [0.1, 0.15) is 71.1 Å². The first kappa shape index (κ1) is 24.1. The van der Waals surface area contributed by atoms with Crippen LogP contribution in [-0.2, 0) is 0 Å². The molecular formula is C23H40O4. The van der Waals surface area contributed by atoms with Crippen LogP contribution in [-0.4, -0.2) is 44.8 Å². The third-order valence-electron chi connectivity index (χ3n) is 5.69. The largest absolute Gasteiger partial charge is 0.396 e. The third-order valence-corrected chi connectivity index (χ3v) is 5.69. The molecule has 0 aromatic heterocycles. The van der Waals surface area contributed by atoms with Crippen molar-refractivity contribution in [3.05, 3.63) is 37.0 Å². The van der Waals surface area contributed by atoms with E-state index in [0.717, 1.165) is 44.9 Å². The average molecular weight is 381 g/mol. The summed E-state index contributed by atoms with van der Waals surface area (Å²) in [4.78, 5) is 0. The first-order chi connectivity index (χ1) is 13.0. The summed E-state index contributed by atoms with van der Waals surface area (Å²) in [6, 6.07) is 0. The zero-order valence-corrected chi connectivity index (χ0v) is 17.0. The number of allylic oxidation sites excluding steroid dienone is 2. The molecule has 0 aromatic rings. The summed E-state index contributed by atoms with van der Waals surface area (Å²) in [5.41, 5.74) is -0.893. The van der Waals surface area contributed by atoms with Crippen molar-refractivity contribution in [1.82, 2.24) is 0 Å². The standard InChI is InChI=1S/C23H40O4/c1-3-5-10-15-23(27,4-2)16-12-14-20-19(21(25)18-22(20)26)13-9-7-6-8-11-17-24/h4,7,9,12,14,19-22,24-27H,2-3,5-6,8,10-11,13,15-18H2,1H3/t19-,20-,21+,22-,23?/m1/s1. The Balaban J connectivity index is 2.57. The molecule has 0 heterocycles. The normalized spacial score (nSPS) is 28.2. The van der Waals surface area contributed by atoms with Crippen molar-refractivity contribution in [2.45, 2.75) is 88.9 Å². The van der Waals surface area contributed by atoms with Gasteiger partial charge in [0.05, 0.1) is 17.8 Å². The van der Waals surface area contributed by atoms with Gasteiger partial charge in [-0.25, -0.2) is 0 Å². The smallest absolute Gasteiger partial charge is 0.0859 e. The van der Waals surface area contributed by atoms with Gasteiger partial charge < -0.3 is 20.4 Å². The molecule has 0 bridgehead atoms. The molecule has 4 nitrogen and oxygen atoms in total. The predicted octanol–water partition coefficient (Wildman–Crippen LogP) is 3.90. The van der Waals surface area contributed by atoms with Crippen LogP contribution in [0.25, 0.3) is 0 Å². The predicted molar refractivity (Wildman–Crippen MR) is 111 cm³/mol. The van der Waals surface area contributed by atoms with Crippen LogP contribution < -0.4 is 0 Å². The van der Waals surface area contributed by atoms with Crippen LogP contribution in [0.5, 0.6) is 0 Å². The van der Waals surface area contributed by atoms with Gasteiger partial charge in [0.1, 0.15) is 0 Å². The Morgan fingerprint density at radius 1 is 1.04 bits per heavy atom. The first-order valence-corrected chi connectivity index (χ1v) is 10.6. The summed E-state index contributed by atoms with van der Waals surface area (Å²) in [5, 5.41) is 40.0. The van der Waals surface area contributed by atoms with E-state index >= 15 is 0 Å². The van der Waals surface area contributed by atoms with Crippen LogP contribution in [0.4, 0.5) is 0 Å². The first-order valence-electron chi connectivity index (χ1n) is 10.6. The number of hydrogen-bond acceptors (Lipinski definition) is 4. The highest BCUT2D eigenvalue weighted by molar-refractivity contribution is 5.08. The maximum absolute atomic E-state index is 10.6. The number of rotatable bonds is 14. The average Bonchev–Trinajstić information content (AvgIpc) is 2.91. The number of unbranched alkanes of at least 4 members (excludes halogenated alkanes) is 4. The van der Waals surface area contributed by atoms with E-state index in [4.69, 9.17) is 5.11 Å². The van der Waals surface area contributed by atoms with Crippen molar-refractivity contribution in [2.75, 3.05) is 6.61 Å². The van der Waals surface area contributed by atoms with E-state index in [1.54, 1.807) is 6.08 Å². The van der Waals surface area contributed by atoms with Crippen LogP contribution in [0, 0.1) is 11.8 Å². The highest BCUT2D eigenvalue weighted by atomic mass is 16.3. The summed E-state index contributed by atoms with van der Waals surface area (Å²) >= 11 is 0. The van der Waals surface area contributed by atoms with Crippen LogP contribution in [0.2, 0.25) is 0 Å². The molecule has 4 N–H and O–H groups in total. The van der Waals surface area contributed by atoms with Gasteiger partial charge in [0, 0.05) is 18.9 Å². The highest BCUT2D eigenvalue weighted by Gasteiger charge is 2.39. The molecule has 4 heteroatoms. The van der Waals surface area contributed by atoms with E-state index in [2.05, 4.69) is 25.7 Å². The van der Waals surface area contributed by atoms with Crippen LogP contribution >= 0.6 is 0 Å². The number of aliphatic hydroxyl groups excluding tert-OH is 3. The van der Waals surface area contributed by atoms with Gasteiger partial charge in [-0.3, -0.25) is 0 Å². The van der Waals surface area contributed by atoms with Gasteiger partial charge in [-0.05, 0) is 44.4 Å². The maximum Gasteiger partial charge on any atom is 0.0859 e. The molecule has 1 unspecified atom stereocenters. The molecule has 0 spiro atoms. The summed E-state index contributed by atoms with van der Waals surface area (Å²) in [5.74, 6) is -0.0888. The summed E-state index contributed by atoms with van der Waals surface area (Å²) in [6.45, 7) is 6.14. The quantitative estimate of drug-likeness (QED) is 0.272. The summed E-state index contributed by atoms with van der Waals surface area (Å²) in [6.07, 6.45) is 16.9. The lowest BCUT2D eigenvalue weighted by Crippen LogP contribution is -2.25. The highest BCUT2D eigenvalue weighted by Crippen LogP contribution is 2.36. The summed E-state index contributed by atoms with van der Waals surface area (Å²) in [7, 11) is 0. The molecular weight excluding hydrogens is 340 g/mol. The molecule has 1 aliphatic rings. The lowest BCUT2D eigenvalue weighted by Gasteiger charge is -2.24. The second-order valence-electron chi connectivity index (χ2n) is 7.94. The molecule has 5 atom stereocenters. The van der Waals surface area contributed by atoms with E-state index in [-0.39, 0.29) is 18.4 Å². The van der Waals surface area contributed by atoms with Crippen molar-refractivity contribution in [2.24, 2.45) is 11.8 Å². The minimum absolute atomic E-state index is 0.00209. The molecule has 27 heavy (non-hydrogen) atoms. The van der Waals surface area contributed by atoms with Crippen molar-refractivity contribution in [1.29, 1.82) is 0 Å². The van der Waals surface area contributed by atoms with E-state index in [0.29, 0.717) is 19.3 Å². The fourth-order valence-electron chi connectivity index (χ4n) is 3.85. The molecule has 0 aliphatic heterocycles. The Morgan fingerprint density at radius 2 is 1.81 bits per heavy atom. The zero-order chi connectivity index (χ0) is 20.1. The molecule has 156 valence electrons. The van der Waals surface area contributed by atoms with Gasteiger partial charge in [-0.1, -0.05) is 56.6 Å². The second kappa shape index (κ2) is 13.3. The third kappa shape index (κ3) is 8.73. The van der Waals surface area contributed by atoms with Gasteiger partial charge in [-0.2, -0.15) is 0 Å². The zero-order valence-electron chi connectivity index (χ0n) is 17.0. The Bertz CT molecular complexity index is 459. The van der Waals surface area contributed by atoms with Crippen LogP contribution in [0.15, 0.2) is 37.0 Å². The molecule has 1 saturated carbocycles. The molecule has 0 saturated heterocycles. The monoisotopic (exact) mass is 380 g/mol. The fraction of sp³-hybridized carbons (Fsp3) is 0.739. The van der Waals surface area contributed by atoms with Crippen molar-refractivity contribution in [3.8, 4) is 0 Å². The van der Waals surface area contributed by atoms with Gasteiger partial charge in [-0.15, -0.1) is 6.58 Å². The lowest BCUT2D eigenvalue weighted by atomic mass is 9.88. The molecule has 0 amide bonds. The van der Waals surface area contributed by atoms with E-state index in [1.807, 2.05) is 12.2 Å². The number of hydrogen-bond donors (Lipinski definition) is 4. The Kier molecular flexibility index (Phi) is 11.8. The van der Waals surface area contributed by atoms with Crippen LogP contribution in [0.3, 0.4) is 0 Å². The lowest BCUT2D eigenvalue weighted by molar-refractivity contribution is 0.0814. The Labute approximate surface area is 165 Å². The van der Waals surface area contributed by atoms with Gasteiger partial charge in [0.15, 0.2) is 0 Å². The van der Waals surface area contributed by atoms with E-state index in [1.165, 1.54) is 0 Å². The van der Waals surface area contributed by atoms with E-state index < -0.39 is 17.8 Å². The minimum atomic E-state index is -0.893. The molecule has 1 rings (SSSR count). The van der Waals surface area contributed by atoms with Gasteiger partial charge in [0.25, 0.3) is 0 Å². The Hall–Kier alpha value is -0.940.